The van der Waals surface area contributed by atoms with E-state index in [0.717, 1.165) is 10.5 Å². The highest BCUT2D eigenvalue weighted by Crippen LogP contribution is 2.18. The van der Waals surface area contributed by atoms with Crippen molar-refractivity contribution < 1.29 is 9.90 Å². The Balaban J connectivity index is 1.74. The van der Waals surface area contributed by atoms with E-state index in [4.69, 9.17) is 0 Å². The number of aromatic hydroxyl groups is 1. The Hall–Kier alpha value is -2.72. The highest BCUT2D eigenvalue weighted by atomic mass is 32.2. The number of aromatic nitrogens is 1. The number of carbonyl (C=O) groups is 1. The smallest absolute Gasteiger partial charge is 0.209 e. The molecule has 0 saturated heterocycles. The molecule has 126 valence electrons. The summed E-state index contributed by atoms with van der Waals surface area (Å²) in [4.78, 5) is 13.9. The van der Waals surface area contributed by atoms with Gasteiger partial charge in [0.25, 0.3) is 0 Å². The van der Waals surface area contributed by atoms with Gasteiger partial charge in [0, 0.05) is 23.2 Å². The van der Waals surface area contributed by atoms with Gasteiger partial charge in [-0.15, -0.1) is 11.8 Å². The third-order valence-corrected chi connectivity index (χ3v) is 4.64. The van der Waals surface area contributed by atoms with Gasteiger partial charge in [0.05, 0.1) is 5.69 Å². The molecule has 2 aromatic carbocycles. The van der Waals surface area contributed by atoms with Gasteiger partial charge in [-0.25, -0.2) is 0 Å². The highest BCUT2D eigenvalue weighted by molar-refractivity contribution is 7.98. The Labute approximate surface area is 151 Å². The summed E-state index contributed by atoms with van der Waals surface area (Å²) >= 11 is 1.66. The van der Waals surface area contributed by atoms with Crippen LogP contribution in [0.2, 0.25) is 0 Å². The predicted molar refractivity (Wildman–Crippen MR) is 103 cm³/mol. The van der Waals surface area contributed by atoms with E-state index < -0.39 is 0 Å². The van der Waals surface area contributed by atoms with Crippen molar-refractivity contribution in [1.82, 2.24) is 4.57 Å². The topological polar surface area (TPSA) is 42.2 Å². The van der Waals surface area contributed by atoms with Gasteiger partial charge >= 0.3 is 0 Å². The summed E-state index contributed by atoms with van der Waals surface area (Å²) in [6, 6.07) is 18.5. The first-order valence-electron chi connectivity index (χ1n) is 7.97. The van der Waals surface area contributed by atoms with Crippen LogP contribution in [-0.4, -0.2) is 21.7 Å². The van der Waals surface area contributed by atoms with Crippen molar-refractivity contribution in [2.45, 2.75) is 11.4 Å². The lowest BCUT2D eigenvalue weighted by Gasteiger charge is -2.07. The molecular formula is C21H19NO2S. The fourth-order valence-corrected chi connectivity index (χ4v) is 3.01. The summed E-state index contributed by atoms with van der Waals surface area (Å²) < 4.78 is 1.92. The maximum absolute atomic E-state index is 12.7. The Bertz CT molecular complexity index is 894. The van der Waals surface area contributed by atoms with Crippen LogP contribution in [0.1, 0.15) is 21.6 Å². The molecule has 0 aliphatic rings. The van der Waals surface area contributed by atoms with Crippen molar-refractivity contribution in [1.29, 1.82) is 0 Å². The van der Waals surface area contributed by atoms with Crippen molar-refractivity contribution in [3.8, 4) is 5.75 Å². The van der Waals surface area contributed by atoms with E-state index in [1.807, 2.05) is 71.6 Å². The molecule has 3 aromatic rings. The van der Waals surface area contributed by atoms with Gasteiger partial charge in [-0.2, -0.15) is 0 Å². The normalized spacial score (nSPS) is 11.1. The van der Waals surface area contributed by atoms with Gasteiger partial charge in [0.1, 0.15) is 5.75 Å². The number of nitrogens with zero attached hydrogens (tertiary/aromatic N) is 1. The SMILES string of the molecule is CSc1ccc(C(=O)c2cccn2C/C=C/c2cccc(O)c2)cc1. The average molecular weight is 349 g/mol. The molecule has 0 amide bonds. The lowest BCUT2D eigenvalue weighted by Crippen LogP contribution is -2.09. The number of benzene rings is 2. The number of thioether (sulfide) groups is 1. The molecular weight excluding hydrogens is 330 g/mol. The molecule has 3 nitrogen and oxygen atoms in total. The van der Waals surface area contributed by atoms with Crippen LogP contribution in [-0.2, 0) is 6.54 Å². The van der Waals surface area contributed by atoms with Crippen molar-refractivity contribution in [3.63, 3.8) is 0 Å². The van der Waals surface area contributed by atoms with E-state index in [2.05, 4.69) is 0 Å². The van der Waals surface area contributed by atoms with Crippen molar-refractivity contribution in [2.24, 2.45) is 0 Å². The molecule has 1 aromatic heterocycles. The van der Waals surface area contributed by atoms with Crippen molar-refractivity contribution >= 4 is 23.6 Å². The second kappa shape index (κ2) is 7.90. The molecule has 1 heterocycles. The quantitative estimate of drug-likeness (QED) is 0.510. The van der Waals surface area contributed by atoms with Crippen LogP contribution in [0.15, 0.2) is 77.8 Å². The molecule has 0 radical (unpaired) electrons. The summed E-state index contributed by atoms with van der Waals surface area (Å²) in [5.74, 6) is 0.260. The maximum atomic E-state index is 12.7. The first kappa shape index (κ1) is 17.1. The van der Waals surface area contributed by atoms with Crippen molar-refractivity contribution in [3.05, 3.63) is 89.8 Å². The van der Waals surface area contributed by atoms with Gasteiger partial charge < -0.3 is 9.67 Å². The maximum Gasteiger partial charge on any atom is 0.209 e. The summed E-state index contributed by atoms with van der Waals surface area (Å²) in [6.45, 7) is 0.590. The fraction of sp³-hybridized carbons (Fsp3) is 0.0952. The zero-order valence-corrected chi connectivity index (χ0v) is 14.7. The molecule has 0 aliphatic carbocycles. The average Bonchev–Trinajstić information content (AvgIpc) is 3.10. The minimum atomic E-state index is 0.0170. The van der Waals surface area contributed by atoms with Gasteiger partial charge in [0.2, 0.25) is 5.78 Å². The van der Waals surface area contributed by atoms with Gasteiger partial charge in [-0.05, 0) is 60.4 Å². The minimum Gasteiger partial charge on any atom is -0.508 e. The number of rotatable bonds is 6. The number of hydrogen-bond acceptors (Lipinski definition) is 3. The number of allylic oxidation sites excluding steroid dienone is 1. The van der Waals surface area contributed by atoms with Gasteiger partial charge in [0.15, 0.2) is 0 Å². The number of phenols is 1. The summed E-state index contributed by atoms with van der Waals surface area (Å²) in [5.41, 5.74) is 2.28. The zero-order valence-electron chi connectivity index (χ0n) is 13.9. The third kappa shape index (κ3) is 4.22. The first-order valence-corrected chi connectivity index (χ1v) is 9.19. The zero-order chi connectivity index (χ0) is 17.6. The van der Waals surface area contributed by atoms with Crippen LogP contribution in [0.4, 0.5) is 0 Å². The van der Waals surface area contributed by atoms with E-state index in [-0.39, 0.29) is 11.5 Å². The molecule has 0 spiro atoms. The molecule has 0 atom stereocenters. The second-order valence-corrected chi connectivity index (χ2v) is 6.48. The van der Waals surface area contributed by atoms with Crippen LogP contribution < -0.4 is 0 Å². The molecule has 0 unspecified atom stereocenters. The van der Waals surface area contributed by atoms with Crippen LogP contribution in [0.5, 0.6) is 5.75 Å². The fourth-order valence-electron chi connectivity index (χ4n) is 2.60. The van der Waals surface area contributed by atoms with Crippen LogP contribution in [0.25, 0.3) is 6.08 Å². The number of carbonyl (C=O) groups excluding carboxylic acids is 1. The Kier molecular flexibility index (Phi) is 5.41. The predicted octanol–water partition coefficient (Wildman–Crippen LogP) is 4.86. The monoisotopic (exact) mass is 349 g/mol. The Morgan fingerprint density at radius 2 is 1.92 bits per heavy atom. The molecule has 0 bridgehead atoms. The van der Waals surface area contributed by atoms with Crippen molar-refractivity contribution in [2.75, 3.05) is 6.26 Å². The third-order valence-electron chi connectivity index (χ3n) is 3.90. The molecule has 25 heavy (non-hydrogen) atoms. The van der Waals surface area contributed by atoms with Crippen LogP contribution in [0.3, 0.4) is 0 Å². The second-order valence-electron chi connectivity index (χ2n) is 5.60. The van der Waals surface area contributed by atoms with Crippen LogP contribution in [0, 0.1) is 0 Å². The summed E-state index contributed by atoms with van der Waals surface area (Å²) in [5, 5.41) is 9.49. The molecule has 0 fully saturated rings. The molecule has 4 heteroatoms. The Morgan fingerprint density at radius 3 is 2.64 bits per heavy atom. The van der Waals surface area contributed by atoms with E-state index in [0.29, 0.717) is 17.8 Å². The molecule has 1 N–H and O–H groups in total. The molecule has 0 aliphatic heterocycles. The highest BCUT2D eigenvalue weighted by Gasteiger charge is 2.12. The summed E-state index contributed by atoms with van der Waals surface area (Å²) in [7, 11) is 0. The first-order chi connectivity index (χ1) is 12.2. The number of ketones is 1. The minimum absolute atomic E-state index is 0.0170. The van der Waals surface area contributed by atoms with E-state index >= 15 is 0 Å². The lowest BCUT2D eigenvalue weighted by atomic mass is 10.1. The largest absolute Gasteiger partial charge is 0.508 e. The van der Waals surface area contributed by atoms with E-state index in [9.17, 15) is 9.90 Å². The number of hydrogen-bond donors (Lipinski definition) is 1. The molecule has 0 saturated carbocycles. The molecule has 3 rings (SSSR count). The van der Waals surface area contributed by atoms with E-state index in [1.54, 1.807) is 30.0 Å². The summed E-state index contributed by atoms with van der Waals surface area (Å²) in [6.07, 6.45) is 7.82. The standard InChI is InChI=1S/C21H19NO2S/c1-25-19-11-9-17(10-12-19)21(24)20-8-4-14-22(20)13-3-6-16-5-2-7-18(23)15-16/h2-12,14-15,23H,13H2,1H3/b6-3+. The van der Waals surface area contributed by atoms with E-state index in [1.165, 1.54) is 0 Å². The number of phenolic OH excluding ortho intramolecular Hbond substituents is 1. The lowest BCUT2D eigenvalue weighted by molar-refractivity contribution is 0.103. The Morgan fingerprint density at radius 1 is 1.12 bits per heavy atom. The van der Waals surface area contributed by atoms with Gasteiger partial charge in [-0.3, -0.25) is 4.79 Å². The van der Waals surface area contributed by atoms with Crippen LogP contribution >= 0.6 is 11.8 Å². The van der Waals surface area contributed by atoms with Gasteiger partial charge in [-0.1, -0.05) is 24.3 Å².